The number of nitrogens with zero attached hydrogens (tertiary/aromatic N) is 2. The number of carbonyl (C=O) groups is 1. The Morgan fingerprint density at radius 3 is 2.65 bits per heavy atom. The van der Waals surface area contributed by atoms with Gasteiger partial charge >= 0.3 is 0 Å². The van der Waals surface area contributed by atoms with Gasteiger partial charge in [0.1, 0.15) is 12.0 Å². The lowest BCUT2D eigenvalue weighted by molar-refractivity contribution is -0.385. The summed E-state index contributed by atoms with van der Waals surface area (Å²) in [4.78, 5) is 26.1. The van der Waals surface area contributed by atoms with Crippen molar-refractivity contribution < 1.29 is 9.72 Å². The maximum Gasteiger partial charge on any atom is 0.287 e. The van der Waals surface area contributed by atoms with Crippen LogP contribution in [0.2, 0.25) is 0 Å². The second kappa shape index (κ2) is 8.45. The van der Waals surface area contributed by atoms with Crippen LogP contribution in [0.25, 0.3) is 0 Å². The van der Waals surface area contributed by atoms with Gasteiger partial charge in [-0.3, -0.25) is 25.8 Å². The van der Waals surface area contributed by atoms with E-state index in [1.165, 1.54) is 31.4 Å². The molecule has 1 fully saturated rings. The molecule has 0 aromatic carbocycles. The van der Waals surface area contributed by atoms with Crippen molar-refractivity contribution in [2.24, 2.45) is 11.8 Å². The normalized spacial score (nSPS) is 20.7. The first-order valence-electron chi connectivity index (χ1n) is 8.26. The van der Waals surface area contributed by atoms with E-state index in [1.807, 2.05) is 0 Å². The molecular weight excluding hydrogens is 296 g/mol. The topological polar surface area (TPSA) is 97.2 Å². The maximum atomic E-state index is 12.2. The van der Waals surface area contributed by atoms with E-state index in [9.17, 15) is 14.9 Å². The Hall–Kier alpha value is -2.18. The Morgan fingerprint density at radius 2 is 2.09 bits per heavy atom. The molecule has 0 spiro atoms. The molecule has 1 aliphatic rings. The number of carbonyl (C=O) groups excluding carboxylic acids is 1. The van der Waals surface area contributed by atoms with E-state index >= 15 is 0 Å². The number of hydrazine groups is 1. The van der Waals surface area contributed by atoms with Gasteiger partial charge in [0.25, 0.3) is 5.69 Å². The van der Waals surface area contributed by atoms with E-state index in [1.54, 1.807) is 0 Å². The quantitative estimate of drug-likeness (QED) is 0.592. The highest BCUT2D eigenvalue weighted by atomic mass is 16.6. The van der Waals surface area contributed by atoms with Gasteiger partial charge in [0.05, 0.1) is 4.92 Å². The molecule has 23 heavy (non-hydrogen) atoms. The van der Waals surface area contributed by atoms with Gasteiger partial charge in [-0.2, -0.15) is 0 Å². The lowest BCUT2D eigenvalue weighted by Crippen LogP contribution is -2.37. The molecule has 0 atom stereocenters. The third kappa shape index (κ3) is 5.19. The van der Waals surface area contributed by atoms with Crippen molar-refractivity contribution in [3.05, 3.63) is 28.4 Å². The zero-order chi connectivity index (χ0) is 16.7. The summed E-state index contributed by atoms with van der Waals surface area (Å²) < 4.78 is 0. The molecule has 7 nitrogen and oxygen atoms in total. The number of anilines is 1. The van der Waals surface area contributed by atoms with Crippen molar-refractivity contribution in [2.45, 2.75) is 51.9 Å². The molecule has 1 heterocycles. The van der Waals surface area contributed by atoms with Gasteiger partial charge < -0.3 is 0 Å². The van der Waals surface area contributed by atoms with Crippen LogP contribution < -0.4 is 10.9 Å². The van der Waals surface area contributed by atoms with Crippen LogP contribution in [-0.2, 0) is 4.79 Å². The van der Waals surface area contributed by atoms with E-state index in [4.69, 9.17) is 0 Å². The summed E-state index contributed by atoms with van der Waals surface area (Å²) in [6.45, 7) is 2.21. The summed E-state index contributed by atoms with van der Waals surface area (Å²) in [5, 5.41) is 10.6. The summed E-state index contributed by atoms with van der Waals surface area (Å²) in [6.07, 6.45) is 9.03. The third-order valence-corrected chi connectivity index (χ3v) is 4.46. The highest BCUT2D eigenvalue weighted by Gasteiger charge is 2.25. The van der Waals surface area contributed by atoms with Gasteiger partial charge in [0, 0.05) is 12.0 Å². The fraction of sp³-hybridized carbons (Fsp3) is 0.625. The number of nitro groups is 1. The average Bonchev–Trinajstić information content (AvgIpc) is 2.58. The van der Waals surface area contributed by atoms with Crippen molar-refractivity contribution in [3.8, 4) is 0 Å². The predicted molar refractivity (Wildman–Crippen MR) is 87.6 cm³/mol. The van der Waals surface area contributed by atoms with Gasteiger partial charge in [-0.1, -0.05) is 26.2 Å². The number of amides is 1. The summed E-state index contributed by atoms with van der Waals surface area (Å²) in [6, 6.07) is 2.82. The Morgan fingerprint density at radius 1 is 1.35 bits per heavy atom. The number of hydrogen-bond donors (Lipinski definition) is 2. The summed E-state index contributed by atoms with van der Waals surface area (Å²) in [5.41, 5.74) is 5.30. The molecule has 0 saturated heterocycles. The van der Waals surface area contributed by atoms with Crippen molar-refractivity contribution >= 4 is 17.4 Å². The van der Waals surface area contributed by atoms with Crippen molar-refractivity contribution in [1.29, 1.82) is 0 Å². The molecule has 1 saturated carbocycles. The molecule has 0 unspecified atom stereocenters. The molecule has 7 heteroatoms. The SMILES string of the molecule is CCCCC1CCC(C(=O)NNc2ccc([N+](=O)[O-])cn2)CC1. The zero-order valence-corrected chi connectivity index (χ0v) is 13.5. The Labute approximate surface area is 136 Å². The van der Waals surface area contributed by atoms with Crippen LogP contribution in [0.15, 0.2) is 18.3 Å². The maximum absolute atomic E-state index is 12.2. The first kappa shape index (κ1) is 17.2. The minimum absolute atomic E-state index is 0.0286. The highest BCUT2D eigenvalue weighted by Crippen LogP contribution is 2.31. The minimum atomic E-state index is -0.508. The lowest BCUT2D eigenvalue weighted by Gasteiger charge is -2.27. The molecule has 2 rings (SSSR count). The molecule has 1 aliphatic carbocycles. The monoisotopic (exact) mass is 320 g/mol. The highest BCUT2D eigenvalue weighted by molar-refractivity contribution is 5.79. The van der Waals surface area contributed by atoms with Crippen molar-refractivity contribution in [3.63, 3.8) is 0 Å². The number of hydrogen-bond acceptors (Lipinski definition) is 5. The zero-order valence-electron chi connectivity index (χ0n) is 13.5. The van der Waals surface area contributed by atoms with Gasteiger partial charge in [-0.05, 0) is 37.7 Å². The Kier molecular flexibility index (Phi) is 6.31. The smallest absolute Gasteiger partial charge is 0.282 e. The van der Waals surface area contributed by atoms with Gasteiger partial charge in [-0.25, -0.2) is 4.98 Å². The van der Waals surface area contributed by atoms with Crippen LogP contribution >= 0.6 is 0 Å². The Balaban J connectivity index is 1.74. The minimum Gasteiger partial charge on any atom is -0.282 e. The number of pyridine rings is 1. The van der Waals surface area contributed by atoms with Crippen molar-refractivity contribution in [2.75, 3.05) is 5.43 Å². The van der Waals surface area contributed by atoms with Gasteiger partial charge in [0.2, 0.25) is 5.91 Å². The van der Waals surface area contributed by atoms with E-state index in [2.05, 4.69) is 22.8 Å². The van der Waals surface area contributed by atoms with E-state index in [0.29, 0.717) is 5.82 Å². The van der Waals surface area contributed by atoms with Gasteiger partial charge in [-0.15, -0.1) is 0 Å². The van der Waals surface area contributed by atoms with E-state index in [-0.39, 0.29) is 17.5 Å². The van der Waals surface area contributed by atoms with Crippen molar-refractivity contribution in [1.82, 2.24) is 10.4 Å². The van der Waals surface area contributed by atoms with Crippen LogP contribution in [0.4, 0.5) is 11.5 Å². The molecule has 0 aliphatic heterocycles. The standard InChI is InChI=1S/C16H24N4O3/c1-2-3-4-12-5-7-13(8-6-12)16(21)19-18-15-10-9-14(11-17-15)20(22)23/h9-13H,2-8H2,1H3,(H,17,18)(H,19,21). The summed E-state index contributed by atoms with van der Waals surface area (Å²) in [5.74, 6) is 1.17. The fourth-order valence-electron chi connectivity index (χ4n) is 3.00. The summed E-state index contributed by atoms with van der Waals surface area (Å²) in [7, 11) is 0. The van der Waals surface area contributed by atoms with Crippen LogP contribution in [0.5, 0.6) is 0 Å². The van der Waals surface area contributed by atoms with Gasteiger partial charge in [0.15, 0.2) is 0 Å². The molecule has 2 N–H and O–H groups in total. The van der Waals surface area contributed by atoms with Crippen LogP contribution in [0.1, 0.15) is 51.9 Å². The third-order valence-electron chi connectivity index (χ3n) is 4.46. The number of aromatic nitrogens is 1. The van der Waals surface area contributed by atoms with Crippen LogP contribution in [0, 0.1) is 22.0 Å². The number of nitrogens with one attached hydrogen (secondary N) is 2. The average molecular weight is 320 g/mol. The molecule has 1 amide bonds. The molecule has 126 valence electrons. The Bertz CT molecular complexity index is 525. The lowest BCUT2D eigenvalue weighted by atomic mass is 9.79. The largest absolute Gasteiger partial charge is 0.287 e. The summed E-state index contributed by atoms with van der Waals surface area (Å²) >= 11 is 0. The second-order valence-corrected chi connectivity index (χ2v) is 6.13. The van der Waals surface area contributed by atoms with E-state index < -0.39 is 4.92 Å². The van der Waals surface area contributed by atoms with Crippen LogP contribution in [-0.4, -0.2) is 15.8 Å². The molecular formula is C16H24N4O3. The molecule has 1 aromatic rings. The molecule has 1 aromatic heterocycles. The molecule has 0 radical (unpaired) electrons. The first-order chi connectivity index (χ1) is 11.1. The number of unbranched alkanes of at least 4 members (excludes halogenated alkanes) is 1. The van der Waals surface area contributed by atoms with E-state index in [0.717, 1.165) is 37.8 Å². The number of rotatable bonds is 7. The first-order valence-corrected chi connectivity index (χ1v) is 8.26. The second-order valence-electron chi connectivity index (χ2n) is 6.13. The molecule has 0 bridgehead atoms. The predicted octanol–water partition coefficient (Wildman–Crippen LogP) is 3.43. The van der Waals surface area contributed by atoms with Crippen LogP contribution in [0.3, 0.4) is 0 Å². The fourth-order valence-corrected chi connectivity index (χ4v) is 3.00.